The highest BCUT2D eigenvalue weighted by Crippen LogP contribution is 2.30. The molecule has 0 radical (unpaired) electrons. The van der Waals surface area contributed by atoms with E-state index in [4.69, 9.17) is 5.73 Å². The van der Waals surface area contributed by atoms with E-state index < -0.39 is 0 Å². The van der Waals surface area contributed by atoms with Gasteiger partial charge in [-0.25, -0.2) is 4.98 Å². The molecule has 2 aromatic rings. The minimum atomic E-state index is -0.211. The van der Waals surface area contributed by atoms with E-state index in [0.717, 1.165) is 20.6 Å². The van der Waals surface area contributed by atoms with Gasteiger partial charge in [0.25, 0.3) is 0 Å². The molecule has 0 bridgehead atoms. The Morgan fingerprint density at radius 1 is 1.33 bits per heavy atom. The highest BCUT2D eigenvalue weighted by Gasteiger charge is 2.16. The first-order chi connectivity index (χ1) is 9.95. The number of aromatic nitrogens is 1. The third-order valence-corrected chi connectivity index (χ3v) is 5.19. The summed E-state index contributed by atoms with van der Waals surface area (Å²) in [7, 11) is 0. The molecule has 0 aliphatic heterocycles. The van der Waals surface area contributed by atoms with Crippen LogP contribution in [0.25, 0.3) is 0 Å². The van der Waals surface area contributed by atoms with Crippen LogP contribution in [-0.2, 0) is 4.79 Å². The lowest BCUT2D eigenvalue weighted by Gasteiger charge is -2.15. The molecule has 0 saturated heterocycles. The summed E-state index contributed by atoms with van der Waals surface area (Å²) < 4.78 is 1.02. The summed E-state index contributed by atoms with van der Waals surface area (Å²) in [6.07, 6.45) is 0. The molecule has 1 amide bonds. The molecule has 0 aliphatic rings. The molecule has 4 nitrogen and oxygen atoms in total. The molecule has 1 heterocycles. The van der Waals surface area contributed by atoms with Crippen LogP contribution in [0.2, 0.25) is 0 Å². The Bertz CT molecular complexity index is 608. The standard InChI is InChI=1S/C15H19N3OS2/c1-9-8-20-15(17-9)21-13-6-4-12(5-7-13)18-14(19)10(2)11(3)16/h4-8,10-11H,16H2,1-3H3,(H,18,19). The lowest BCUT2D eigenvalue weighted by Crippen LogP contribution is -2.34. The number of benzene rings is 1. The van der Waals surface area contributed by atoms with E-state index in [0.29, 0.717) is 0 Å². The highest BCUT2D eigenvalue weighted by atomic mass is 32.2. The highest BCUT2D eigenvalue weighted by molar-refractivity contribution is 8.01. The maximum atomic E-state index is 11.9. The molecule has 2 rings (SSSR count). The molecule has 2 atom stereocenters. The fourth-order valence-corrected chi connectivity index (χ4v) is 3.39. The SMILES string of the molecule is Cc1csc(Sc2ccc(NC(=O)C(C)C(C)N)cc2)n1. The number of hydrogen-bond donors (Lipinski definition) is 2. The third-order valence-electron chi connectivity index (χ3n) is 3.13. The minimum Gasteiger partial charge on any atom is -0.327 e. The predicted octanol–water partition coefficient (Wildman–Crippen LogP) is 3.52. The molecule has 112 valence electrons. The Morgan fingerprint density at radius 2 is 2.00 bits per heavy atom. The second kappa shape index (κ2) is 7.06. The zero-order chi connectivity index (χ0) is 15.4. The lowest BCUT2D eigenvalue weighted by molar-refractivity contribution is -0.119. The van der Waals surface area contributed by atoms with Gasteiger partial charge in [-0.1, -0.05) is 18.7 Å². The number of thiazole rings is 1. The number of nitrogens with one attached hydrogen (secondary N) is 1. The fourth-order valence-electron chi connectivity index (χ4n) is 1.58. The van der Waals surface area contributed by atoms with Gasteiger partial charge in [-0.05, 0) is 38.1 Å². The van der Waals surface area contributed by atoms with Gasteiger partial charge in [0.05, 0.1) is 5.92 Å². The van der Waals surface area contributed by atoms with E-state index >= 15 is 0 Å². The van der Waals surface area contributed by atoms with Crippen molar-refractivity contribution in [2.45, 2.75) is 36.0 Å². The Labute approximate surface area is 133 Å². The smallest absolute Gasteiger partial charge is 0.228 e. The van der Waals surface area contributed by atoms with Crippen LogP contribution < -0.4 is 11.1 Å². The topological polar surface area (TPSA) is 68.0 Å². The second-order valence-electron chi connectivity index (χ2n) is 5.02. The molecule has 6 heteroatoms. The summed E-state index contributed by atoms with van der Waals surface area (Å²) in [5.41, 5.74) is 7.56. The molecule has 3 N–H and O–H groups in total. The van der Waals surface area contributed by atoms with Gasteiger partial charge in [0.1, 0.15) is 0 Å². The third kappa shape index (κ3) is 4.56. The van der Waals surface area contributed by atoms with Crippen molar-refractivity contribution in [2.24, 2.45) is 11.7 Å². The van der Waals surface area contributed by atoms with Crippen LogP contribution in [-0.4, -0.2) is 16.9 Å². The largest absolute Gasteiger partial charge is 0.327 e. The summed E-state index contributed by atoms with van der Waals surface area (Å²) in [5, 5.41) is 4.91. The van der Waals surface area contributed by atoms with Gasteiger partial charge in [-0.2, -0.15) is 0 Å². The molecule has 1 aromatic carbocycles. The van der Waals surface area contributed by atoms with Crippen molar-refractivity contribution >= 4 is 34.7 Å². The van der Waals surface area contributed by atoms with E-state index in [9.17, 15) is 4.79 Å². The van der Waals surface area contributed by atoms with Crippen LogP contribution in [0.1, 0.15) is 19.5 Å². The number of hydrogen-bond acceptors (Lipinski definition) is 5. The molecule has 0 fully saturated rings. The number of rotatable bonds is 5. The van der Waals surface area contributed by atoms with Crippen molar-refractivity contribution in [2.75, 3.05) is 5.32 Å². The molecular formula is C15H19N3OS2. The van der Waals surface area contributed by atoms with Gasteiger partial charge in [0.2, 0.25) is 5.91 Å². The van der Waals surface area contributed by atoms with Crippen LogP contribution in [0.15, 0.2) is 38.9 Å². The van der Waals surface area contributed by atoms with Gasteiger partial charge in [0, 0.05) is 27.7 Å². The van der Waals surface area contributed by atoms with E-state index in [2.05, 4.69) is 10.3 Å². The Morgan fingerprint density at radius 3 is 2.52 bits per heavy atom. The van der Waals surface area contributed by atoms with Crippen LogP contribution in [0, 0.1) is 12.8 Å². The molecule has 1 aromatic heterocycles. The molecule has 0 spiro atoms. The number of anilines is 1. The molecular weight excluding hydrogens is 302 g/mol. The first kappa shape index (κ1) is 16.0. The van der Waals surface area contributed by atoms with E-state index in [1.54, 1.807) is 23.1 Å². The van der Waals surface area contributed by atoms with Crippen molar-refractivity contribution in [1.82, 2.24) is 4.98 Å². The van der Waals surface area contributed by atoms with Crippen LogP contribution in [0.3, 0.4) is 0 Å². The first-order valence-electron chi connectivity index (χ1n) is 6.72. The van der Waals surface area contributed by atoms with Gasteiger partial charge < -0.3 is 11.1 Å². The van der Waals surface area contributed by atoms with Crippen LogP contribution in [0.4, 0.5) is 5.69 Å². The van der Waals surface area contributed by atoms with Gasteiger partial charge in [-0.15, -0.1) is 11.3 Å². The summed E-state index contributed by atoms with van der Waals surface area (Å²) in [5.74, 6) is -0.265. The maximum absolute atomic E-state index is 11.9. The first-order valence-corrected chi connectivity index (χ1v) is 8.42. The maximum Gasteiger partial charge on any atom is 0.228 e. The molecule has 0 aliphatic carbocycles. The minimum absolute atomic E-state index is 0.0547. The fraction of sp³-hybridized carbons (Fsp3) is 0.333. The Kier molecular flexibility index (Phi) is 5.39. The van der Waals surface area contributed by atoms with Crippen LogP contribution >= 0.6 is 23.1 Å². The number of carbonyl (C=O) groups excluding carboxylic acids is 1. The van der Waals surface area contributed by atoms with Gasteiger partial charge in [0.15, 0.2) is 4.34 Å². The quantitative estimate of drug-likeness (QED) is 0.884. The predicted molar refractivity (Wildman–Crippen MR) is 88.9 cm³/mol. The van der Waals surface area contributed by atoms with Crippen LogP contribution in [0.5, 0.6) is 0 Å². The summed E-state index contributed by atoms with van der Waals surface area (Å²) in [4.78, 5) is 17.4. The average molecular weight is 321 g/mol. The number of nitrogens with zero attached hydrogens (tertiary/aromatic N) is 1. The number of carbonyl (C=O) groups is 1. The van der Waals surface area contributed by atoms with E-state index in [-0.39, 0.29) is 17.9 Å². The number of aryl methyl sites for hydroxylation is 1. The Hall–Kier alpha value is -1.37. The monoisotopic (exact) mass is 321 g/mol. The zero-order valence-electron chi connectivity index (χ0n) is 12.3. The van der Waals surface area contributed by atoms with Crippen molar-refractivity contribution in [3.05, 3.63) is 35.3 Å². The average Bonchev–Trinajstić information content (AvgIpc) is 2.85. The molecule has 21 heavy (non-hydrogen) atoms. The number of nitrogens with two attached hydrogens (primary N) is 1. The van der Waals surface area contributed by atoms with Crippen molar-refractivity contribution in [3.8, 4) is 0 Å². The van der Waals surface area contributed by atoms with Crippen molar-refractivity contribution in [3.63, 3.8) is 0 Å². The zero-order valence-corrected chi connectivity index (χ0v) is 13.9. The van der Waals surface area contributed by atoms with E-state index in [1.807, 2.05) is 50.4 Å². The van der Waals surface area contributed by atoms with Crippen molar-refractivity contribution < 1.29 is 4.79 Å². The normalized spacial score (nSPS) is 13.7. The lowest BCUT2D eigenvalue weighted by atomic mass is 10.0. The van der Waals surface area contributed by atoms with Gasteiger partial charge in [-0.3, -0.25) is 4.79 Å². The second-order valence-corrected chi connectivity index (χ2v) is 7.20. The van der Waals surface area contributed by atoms with E-state index in [1.165, 1.54) is 0 Å². The summed E-state index contributed by atoms with van der Waals surface area (Å²) >= 11 is 3.26. The number of amides is 1. The summed E-state index contributed by atoms with van der Waals surface area (Å²) in [6.45, 7) is 5.65. The molecule has 2 unspecified atom stereocenters. The Balaban J connectivity index is 1.97. The van der Waals surface area contributed by atoms with Gasteiger partial charge >= 0.3 is 0 Å². The summed E-state index contributed by atoms with van der Waals surface area (Å²) in [6, 6.07) is 7.59. The molecule has 0 saturated carbocycles. The van der Waals surface area contributed by atoms with Crippen molar-refractivity contribution in [1.29, 1.82) is 0 Å².